The second-order valence-electron chi connectivity index (χ2n) is 12.5. The van der Waals surface area contributed by atoms with Crippen molar-refractivity contribution in [3.05, 3.63) is 53.1 Å². The van der Waals surface area contributed by atoms with Gasteiger partial charge in [-0.1, -0.05) is 30.3 Å². The number of hydrogen-bond acceptors (Lipinski definition) is 12. The van der Waals surface area contributed by atoms with Crippen LogP contribution in [0.15, 0.2) is 36.4 Å². The zero-order valence-electron chi connectivity index (χ0n) is 24.9. The monoisotopic (exact) mass is 601 g/mol. The summed E-state index contributed by atoms with van der Waals surface area (Å²) in [5.74, 6) is -10.1. The molecule has 44 heavy (non-hydrogen) atoms. The van der Waals surface area contributed by atoms with E-state index in [0.717, 1.165) is 5.56 Å². The summed E-state index contributed by atoms with van der Waals surface area (Å²) in [5.41, 5.74) is 14.3. The highest BCUT2D eigenvalue weighted by atomic mass is 16.3. The number of amides is 1. The molecule has 3 aliphatic rings. The molecular formula is C31H35N7O6. The van der Waals surface area contributed by atoms with E-state index >= 15 is 0 Å². The number of nitrogens with two attached hydrogens (primary N) is 3. The highest BCUT2D eigenvalue weighted by Gasteiger charge is 2.78. The standard InChI is InChI=1S/C31H35N7O6/c1-37(2)18-10-17(36-12-15-8-6-5-7-9-15)22(39)19-16(18)11-29(34)13-31(35)25(38(3)4)24(41)20(28(33)44)26(42)30(31,14-32)27(43)21(29)23(19)40/h5-10,20-21,25,36,39H,11-13,34-35H2,1-4H3,(H2,33,44)/t20?,21?,25-,29-,30+,31-/m1/s1. The van der Waals surface area contributed by atoms with Crippen LogP contribution in [-0.2, 0) is 32.1 Å². The van der Waals surface area contributed by atoms with Crippen LogP contribution >= 0.6 is 0 Å². The summed E-state index contributed by atoms with van der Waals surface area (Å²) in [6.07, 6.45) is -0.616. The van der Waals surface area contributed by atoms with Crippen LogP contribution in [0.1, 0.15) is 27.9 Å². The van der Waals surface area contributed by atoms with Crippen molar-refractivity contribution < 1.29 is 29.1 Å². The van der Waals surface area contributed by atoms with Crippen molar-refractivity contribution in [3.8, 4) is 11.8 Å². The minimum absolute atomic E-state index is 0.146. The first-order chi connectivity index (χ1) is 20.6. The Hall–Kier alpha value is -4.64. The van der Waals surface area contributed by atoms with E-state index in [1.54, 1.807) is 31.1 Å². The topological polar surface area (TPSA) is 226 Å². The fourth-order valence-electron chi connectivity index (χ4n) is 7.58. The van der Waals surface area contributed by atoms with Gasteiger partial charge in [0.05, 0.1) is 28.9 Å². The lowest BCUT2D eigenvalue weighted by Gasteiger charge is -2.60. The number of phenolic OH excluding ortho intramolecular Hbond substituents is 1. The van der Waals surface area contributed by atoms with Gasteiger partial charge >= 0.3 is 0 Å². The predicted octanol–water partition coefficient (Wildman–Crippen LogP) is -0.513. The molecule has 2 aromatic carbocycles. The first-order valence-corrected chi connectivity index (χ1v) is 14.0. The number of Topliss-reactive ketones (excluding diaryl/α,β-unsaturated/α-hetero) is 4. The molecule has 230 valence electrons. The van der Waals surface area contributed by atoms with E-state index in [9.17, 15) is 34.3 Å². The molecule has 2 aromatic rings. The largest absolute Gasteiger partial charge is 0.505 e. The van der Waals surface area contributed by atoms with Gasteiger partial charge in [-0.3, -0.25) is 28.9 Å². The van der Waals surface area contributed by atoms with Crippen molar-refractivity contribution in [1.82, 2.24) is 4.90 Å². The van der Waals surface area contributed by atoms with Crippen molar-refractivity contribution >= 4 is 40.4 Å². The third-order valence-electron chi connectivity index (χ3n) is 9.37. The molecular weight excluding hydrogens is 566 g/mol. The lowest BCUT2D eigenvalue weighted by molar-refractivity contribution is -0.166. The summed E-state index contributed by atoms with van der Waals surface area (Å²) in [4.78, 5) is 71.8. The molecule has 1 amide bonds. The van der Waals surface area contributed by atoms with Gasteiger partial charge in [0.25, 0.3) is 0 Å². The number of phenols is 1. The second-order valence-corrected chi connectivity index (χ2v) is 12.5. The first-order valence-electron chi connectivity index (χ1n) is 14.0. The van der Waals surface area contributed by atoms with Crippen LogP contribution < -0.4 is 27.4 Å². The average molecular weight is 602 g/mol. The molecule has 13 heteroatoms. The van der Waals surface area contributed by atoms with E-state index in [0.29, 0.717) is 17.8 Å². The molecule has 8 N–H and O–H groups in total. The summed E-state index contributed by atoms with van der Waals surface area (Å²) in [5, 5.41) is 25.1. The van der Waals surface area contributed by atoms with Gasteiger partial charge in [-0.2, -0.15) is 5.26 Å². The average Bonchev–Trinajstić information content (AvgIpc) is 2.92. The number of ketones is 4. The predicted molar refractivity (Wildman–Crippen MR) is 159 cm³/mol. The van der Waals surface area contributed by atoms with Crippen LogP contribution in [0.4, 0.5) is 11.4 Å². The zero-order valence-corrected chi connectivity index (χ0v) is 24.9. The van der Waals surface area contributed by atoms with Crippen LogP contribution in [0.3, 0.4) is 0 Å². The van der Waals surface area contributed by atoms with Gasteiger partial charge < -0.3 is 32.5 Å². The normalized spacial score (nSPS) is 31.1. The highest BCUT2D eigenvalue weighted by molar-refractivity contribution is 6.33. The highest BCUT2D eigenvalue weighted by Crippen LogP contribution is 2.57. The molecule has 0 aromatic heterocycles. The molecule has 5 rings (SSSR count). The Kier molecular flexibility index (Phi) is 7.16. The quantitative estimate of drug-likeness (QED) is 0.208. The molecule has 2 unspecified atom stereocenters. The third-order valence-corrected chi connectivity index (χ3v) is 9.37. The Morgan fingerprint density at radius 2 is 1.73 bits per heavy atom. The van der Waals surface area contributed by atoms with Crippen LogP contribution in [0.25, 0.3) is 0 Å². The minimum atomic E-state index is -2.79. The summed E-state index contributed by atoms with van der Waals surface area (Å²) < 4.78 is 0. The molecule has 0 spiro atoms. The Bertz CT molecular complexity index is 1670. The van der Waals surface area contributed by atoms with Gasteiger partial charge in [-0.15, -0.1) is 0 Å². The molecule has 0 aliphatic heterocycles. The number of hydrogen-bond donors (Lipinski definition) is 5. The smallest absolute Gasteiger partial charge is 0.235 e. The summed E-state index contributed by atoms with van der Waals surface area (Å²) in [6, 6.07) is 11.3. The van der Waals surface area contributed by atoms with E-state index in [2.05, 4.69) is 5.32 Å². The Balaban J connectivity index is 1.71. The molecule has 0 bridgehead atoms. The fourth-order valence-corrected chi connectivity index (χ4v) is 7.58. The molecule has 2 fully saturated rings. The number of anilines is 2. The van der Waals surface area contributed by atoms with Gasteiger partial charge in [0.15, 0.2) is 34.5 Å². The van der Waals surface area contributed by atoms with Gasteiger partial charge in [-0.05, 0) is 44.1 Å². The number of nitrogens with one attached hydrogen (secondary N) is 1. The number of likely N-dealkylation sites (N-methyl/N-ethyl adjacent to an activating group) is 1. The SMILES string of the molecule is CN(C)c1cc(NCc2ccccc2)c(O)c2c1C[C@@]1(N)C[C@@]3(N)[C@H](N(C)C)C(=O)C(C(N)=O)C(=O)[C@@]3(C#N)C(=O)C1C2=O. The van der Waals surface area contributed by atoms with E-state index in [4.69, 9.17) is 17.2 Å². The second kappa shape index (κ2) is 10.2. The lowest BCUT2D eigenvalue weighted by atomic mass is 9.42. The summed E-state index contributed by atoms with van der Waals surface area (Å²) in [6.45, 7) is 0.313. The van der Waals surface area contributed by atoms with Crippen LogP contribution in [-0.4, -0.2) is 84.4 Å². The van der Waals surface area contributed by atoms with Crippen molar-refractivity contribution in [1.29, 1.82) is 5.26 Å². The molecule has 0 heterocycles. The molecule has 0 saturated heterocycles. The lowest BCUT2D eigenvalue weighted by Crippen LogP contribution is -2.85. The van der Waals surface area contributed by atoms with Crippen molar-refractivity contribution in [2.45, 2.75) is 36.5 Å². The van der Waals surface area contributed by atoms with Crippen molar-refractivity contribution in [2.75, 3.05) is 38.4 Å². The number of primary amides is 1. The molecule has 2 saturated carbocycles. The maximum atomic E-state index is 14.5. The van der Waals surface area contributed by atoms with Gasteiger partial charge in [0.2, 0.25) is 5.91 Å². The van der Waals surface area contributed by atoms with E-state index in [-0.39, 0.29) is 17.7 Å². The third kappa shape index (κ3) is 3.98. The van der Waals surface area contributed by atoms with Gasteiger partial charge in [-0.25, -0.2) is 0 Å². The fraction of sp³-hybridized carbons (Fsp3) is 0.419. The van der Waals surface area contributed by atoms with Crippen LogP contribution in [0.2, 0.25) is 0 Å². The molecule has 3 aliphatic carbocycles. The van der Waals surface area contributed by atoms with Crippen LogP contribution in [0.5, 0.6) is 5.75 Å². The molecule has 0 radical (unpaired) electrons. The Morgan fingerprint density at radius 3 is 2.27 bits per heavy atom. The number of nitrogens with zero attached hydrogens (tertiary/aromatic N) is 3. The van der Waals surface area contributed by atoms with Gasteiger partial charge in [0.1, 0.15) is 11.7 Å². The van der Waals surface area contributed by atoms with E-state index in [1.807, 2.05) is 30.3 Å². The van der Waals surface area contributed by atoms with Crippen molar-refractivity contribution in [3.63, 3.8) is 0 Å². The number of nitriles is 1. The number of fused-ring (bicyclic) bond motifs is 3. The maximum absolute atomic E-state index is 14.5. The molecule has 6 atom stereocenters. The van der Waals surface area contributed by atoms with E-state index < -0.39 is 75.6 Å². The number of aromatic hydroxyl groups is 1. The number of rotatable bonds is 6. The Labute approximate surface area is 253 Å². The summed E-state index contributed by atoms with van der Waals surface area (Å²) >= 11 is 0. The summed E-state index contributed by atoms with van der Waals surface area (Å²) in [7, 11) is 6.41. The van der Waals surface area contributed by atoms with Crippen molar-refractivity contribution in [2.24, 2.45) is 34.5 Å². The Morgan fingerprint density at radius 1 is 1.09 bits per heavy atom. The van der Waals surface area contributed by atoms with Crippen LogP contribution in [0, 0.1) is 28.6 Å². The first kappa shape index (κ1) is 30.8. The maximum Gasteiger partial charge on any atom is 0.235 e. The number of carbonyl (C=O) groups is 5. The number of benzene rings is 2. The minimum Gasteiger partial charge on any atom is -0.505 e. The van der Waals surface area contributed by atoms with E-state index in [1.165, 1.54) is 19.0 Å². The van der Waals surface area contributed by atoms with Gasteiger partial charge in [0, 0.05) is 31.9 Å². The zero-order chi connectivity index (χ0) is 32.5. The molecule has 13 nitrogen and oxygen atoms in total. The number of carbonyl (C=O) groups excluding carboxylic acids is 5.